The molecule has 0 fully saturated rings. The number of pyridine rings is 2. The zero-order chi connectivity index (χ0) is 16.4. The normalized spacial score (nSPS) is 10.3. The monoisotopic (exact) mass is 308 g/mol. The van der Waals surface area contributed by atoms with E-state index in [-0.39, 0.29) is 11.4 Å². The summed E-state index contributed by atoms with van der Waals surface area (Å²) >= 11 is 0. The fraction of sp³-hybridized carbons (Fsp3) is 0. The lowest BCUT2D eigenvalue weighted by Gasteiger charge is -2.10. The third-order valence-electron chi connectivity index (χ3n) is 3.32. The summed E-state index contributed by atoms with van der Waals surface area (Å²) in [4.78, 5) is 8.34. The summed E-state index contributed by atoms with van der Waals surface area (Å²) < 4.78 is 26.6. The number of nitrogen functional groups attached to an aromatic ring is 1. The van der Waals surface area contributed by atoms with Crippen LogP contribution in [-0.2, 0) is 0 Å². The first kappa shape index (κ1) is 14.6. The molecule has 2 N–H and O–H groups in total. The van der Waals surface area contributed by atoms with Crippen LogP contribution >= 0.6 is 0 Å². The summed E-state index contributed by atoms with van der Waals surface area (Å²) in [5.74, 6) is -1.95. The molecule has 4 nitrogen and oxygen atoms in total. The number of hydrogen-bond donors (Lipinski definition) is 1. The summed E-state index contributed by atoms with van der Waals surface area (Å²) in [6.07, 6.45) is 1.60. The van der Waals surface area contributed by atoms with Crippen molar-refractivity contribution in [2.45, 2.75) is 0 Å². The standard InChI is InChI=1S/C17H10F2N4/c18-13-5-4-10(7-14(13)19)11-8-16(15-3-1-2-6-22-15)23-17(21)12(11)9-20/h1-8H,(H2,21,23). The molecule has 0 spiro atoms. The number of halogens is 2. The van der Waals surface area contributed by atoms with Gasteiger partial charge in [-0.25, -0.2) is 13.8 Å². The van der Waals surface area contributed by atoms with E-state index in [9.17, 15) is 14.0 Å². The Morgan fingerprint density at radius 3 is 2.48 bits per heavy atom. The minimum Gasteiger partial charge on any atom is -0.383 e. The molecule has 2 aromatic heterocycles. The Hall–Kier alpha value is -3.33. The highest BCUT2D eigenvalue weighted by Gasteiger charge is 2.15. The van der Waals surface area contributed by atoms with Crippen molar-refractivity contribution in [2.75, 3.05) is 5.73 Å². The topological polar surface area (TPSA) is 75.6 Å². The smallest absolute Gasteiger partial charge is 0.159 e. The third kappa shape index (κ3) is 2.72. The first-order valence-corrected chi connectivity index (χ1v) is 6.67. The van der Waals surface area contributed by atoms with Crippen LogP contribution in [0.3, 0.4) is 0 Å². The van der Waals surface area contributed by atoms with Crippen molar-refractivity contribution in [2.24, 2.45) is 0 Å². The van der Waals surface area contributed by atoms with Crippen LogP contribution in [0.4, 0.5) is 14.6 Å². The van der Waals surface area contributed by atoms with Gasteiger partial charge in [0.05, 0.1) is 11.4 Å². The number of nitriles is 1. The van der Waals surface area contributed by atoms with Crippen molar-refractivity contribution in [1.82, 2.24) is 9.97 Å². The highest BCUT2D eigenvalue weighted by atomic mass is 19.2. The number of benzene rings is 1. The largest absolute Gasteiger partial charge is 0.383 e. The Morgan fingerprint density at radius 1 is 1.00 bits per heavy atom. The molecule has 0 saturated carbocycles. The molecule has 0 aliphatic rings. The van der Waals surface area contributed by atoms with Crippen LogP contribution in [0.1, 0.15) is 5.56 Å². The summed E-state index contributed by atoms with van der Waals surface area (Å²) in [5.41, 5.74) is 7.68. The maximum atomic E-state index is 13.5. The van der Waals surface area contributed by atoms with Gasteiger partial charge in [-0.3, -0.25) is 4.98 Å². The van der Waals surface area contributed by atoms with Crippen LogP contribution in [-0.4, -0.2) is 9.97 Å². The maximum absolute atomic E-state index is 13.5. The zero-order valence-corrected chi connectivity index (χ0v) is 11.8. The lowest BCUT2D eigenvalue weighted by molar-refractivity contribution is 0.509. The highest BCUT2D eigenvalue weighted by molar-refractivity contribution is 5.79. The van der Waals surface area contributed by atoms with E-state index < -0.39 is 11.6 Å². The van der Waals surface area contributed by atoms with Crippen LogP contribution in [0.2, 0.25) is 0 Å². The fourth-order valence-electron chi connectivity index (χ4n) is 2.22. The van der Waals surface area contributed by atoms with Crippen molar-refractivity contribution < 1.29 is 8.78 Å². The molecule has 0 bridgehead atoms. The van der Waals surface area contributed by atoms with E-state index in [1.807, 2.05) is 6.07 Å². The van der Waals surface area contributed by atoms with Gasteiger partial charge in [-0.05, 0) is 35.9 Å². The Labute approximate surface area is 130 Å². The first-order chi connectivity index (χ1) is 11.1. The summed E-state index contributed by atoms with van der Waals surface area (Å²) in [6, 6.07) is 12.2. The van der Waals surface area contributed by atoms with Crippen LogP contribution in [0.15, 0.2) is 48.7 Å². The fourth-order valence-corrected chi connectivity index (χ4v) is 2.22. The van der Waals surface area contributed by atoms with E-state index >= 15 is 0 Å². The van der Waals surface area contributed by atoms with E-state index in [4.69, 9.17) is 5.73 Å². The SMILES string of the molecule is N#Cc1c(-c2ccc(F)c(F)c2)cc(-c2ccccn2)nc1N. The predicted molar refractivity (Wildman–Crippen MR) is 81.9 cm³/mol. The highest BCUT2D eigenvalue weighted by Crippen LogP contribution is 2.31. The van der Waals surface area contributed by atoms with Crippen molar-refractivity contribution in [1.29, 1.82) is 5.26 Å². The van der Waals surface area contributed by atoms with Gasteiger partial charge in [-0.1, -0.05) is 12.1 Å². The third-order valence-corrected chi connectivity index (χ3v) is 3.32. The van der Waals surface area contributed by atoms with E-state index in [1.165, 1.54) is 6.07 Å². The van der Waals surface area contributed by atoms with Gasteiger partial charge in [-0.2, -0.15) is 5.26 Å². The van der Waals surface area contributed by atoms with Crippen LogP contribution in [0.5, 0.6) is 0 Å². The Balaban J connectivity index is 2.24. The van der Waals surface area contributed by atoms with Crippen molar-refractivity contribution in [3.63, 3.8) is 0 Å². The predicted octanol–water partition coefficient (Wildman–Crippen LogP) is 3.54. The van der Waals surface area contributed by atoms with Crippen molar-refractivity contribution in [3.05, 3.63) is 65.9 Å². The molecule has 0 radical (unpaired) electrons. The molecule has 2 heterocycles. The molecular formula is C17H10F2N4. The van der Waals surface area contributed by atoms with Crippen molar-refractivity contribution >= 4 is 5.82 Å². The second kappa shape index (κ2) is 5.81. The summed E-state index contributed by atoms with van der Waals surface area (Å²) in [5, 5.41) is 9.29. The average Bonchev–Trinajstić information content (AvgIpc) is 2.57. The van der Waals surface area contributed by atoms with Gasteiger partial charge in [0.1, 0.15) is 17.5 Å². The van der Waals surface area contributed by atoms with Gasteiger partial charge in [0.2, 0.25) is 0 Å². The first-order valence-electron chi connectivity index (χ1n) is 6.67. The molecule has 0 saturated heterocycles. The van der Waals surface area contributed by atoms with Gasteiger partial charge in [-0.15, -0.1) is 0 Å². The molecule has 0 unspecified atom stereocenters. The van der Waals surface area contributed by atoms with Crippen molar-refractivity contribution in [3.8, 4) is 28.6 Å². The molecule has 0 aliphatic heterocycles. The molecule has 1 aromatic carbocycles. The van der Waals surface area contributed by atoms with E-state index in [0.29, 0.717) is 22.5 Å². The Morgan fingerprint density at radius 2 is 1.83 bits per heavy atom. The second-order valence-electron chi connectivity index (χ2n) is 4.77. The number of nitrogens with zero attached hydrogens (tertiary/aromatic N) is 3. The zero-order valence-electron chi connectivity index (χ0n) is 11.8. The minimum absolute atomic E-state index is 0.00962. The number of hydrogen-bond acceptors (Lipinski definition) is 4. The lowest BCUT2D eigenvalue weighted by Crippen LogP contribution is -2.00. The number of anilines is 1. The molecule has 0 amide bonds. The molecule has 3 aromatic rings. The van der Waals surface area contributed by atoms with Crippen LogP contribution in [0.25, 0.3) is 22.5 Å². The molecule has 0 aliphatic carbocycles. The molecular weight excluding hydrogens is 298 g/mol. The molecule has 0 atom stereocenters. The number of nitrogens with two attached hydrogens (primary N) is 1. The molecule has 3 rings (SSSR count). The molecule has 6 heteroatoms. The van der Waals surface area contributed by atoms with E-state index in [0.717, 1.165) is 12.1 Å². The van der Waals surface area contributed by atoms with Crippen LogP contribution < -0.4 is 5.73 Å². The number of aromatic nitrogens is 2. The van der Waals surface area contributed by atoms with Crippen LogP contribution in [0, 0.1) is 23.0 Å². The quantitative estimate of drug-likeness (QED) is 0.785. The van der Waals surface area contributed by atoms with E-state index in [2.05, 4.69) is 9.97 Å². The average molecular weight is 308 g/mol. The second-order valence-corrected chi connectivity index (χ2v) is 4.77. The Bertz CT molecular complexity index is 918. The molecule has 23 heavy (non-hydrogen) atoms. The lowest BCUT2D eigenvalue weighted by atomic mass is 9.99. The van der Waals surface area contributed by atoms with Gasteiger partial charge in [0.25, 0.3) is 0 Å². The van der Waals surface area contributed by atoms with E-state index in [1.54, 1.807) is 30.5 Å². The Kier molecular flexibility index (Phi) is 3.69. The van der Waals surface area contributed by atoms with Gasteiger partial charge in [0.15, 0.2) is 11.6 Å². The van der Waals surface area contributed by atoms with Gasteiger partial charge in [0, 0.05) is 11.8 Å². The van der Waals surface area contributed by atoms with Gasteiger partial charge >= 0.3 is 0 Å². The summed E-state index contributed by atoms with van der Waals surface area (Å²) in [7, 11) is 0. The summed E-state index contributed by atoms with van der Waals surface area (Å²) in [6.45, 7) is 0. The van der Waals surface area contributed by atoms with Gasteiger partial charge < -0.3 is 5.73 Å². The molecule has 112 valence electrons. The maximum Gasteiger partial charge on any atom is 0.159 e. The number of rotatable bonds is 2. The minimum atomic E-state index is -0.999.